The highest BCUT2D eigenvalue weighted by atomic mass is 16.4. The summed E-state index contributed by atoms with van der Waals surface area (Å²) in [4.78, 5) is 37.7. The first-order valence-electron chi connectivity index (χ1n) is 8.28. The van der Waals surface area contributed by atoms with E-state index in [0.29, 0.717) is 11.3 Å². The summed E-state index contributed by atoms with van der Waals surface area (Å²) in [6, 6.07) is 5.28. The molecule has 1 aliphatic rings. The van der Waals surface area contributed by atoms with E-state index >= 15 is 0 Å². The van der Waals surface area contributed by atoms with Crippen LogP contribution in [0.2, 0.25) is 0 Å². The molecule has 2 N–H and O–H groups in total. The lowest BCUT2D eigenvalue weighted by Crippen LogP contribution is -2.30. The Labute approximate surface area is 149 Å². The highest BCUT2D eigenvalue weighted by molar-refractivity contribution is 6.04. The van der Waals surface area contributed by atoms with Gasteiger partial charge in [0.05, 0.1) is 17.4 Å². The highest BCUT2D eigenvalue weighted by Crippen LogP contribution is 2.23. The third kappa shape index (κ3) is 3.71. The molecule has 0 spiro atoms. The number of anilines is 1. The third-order valence-electron chi connectivity index (χ3n) is 4.22. The topological polar surface area (TPSA) is 117 Å². The number of hydrogen-bond acceptors (Lipinski definition) is 5. The van der Waals surface area contributed by atoms with Gasteiger partial charge < -0.3 is 15.3 Å². The smallest absolute Gasteiger partial charge is 0.358 e. The first kappa shape index (κ1) is 17.6. The standard InChI is InChI=1S/C17H19N5O4/c1-11-5-4-6-12(15(11)16(24)21-7-2-3-8-21)18-14(23)10-22-9-13(17(25)26)19-20-22/h4-6,9H,2-3,7-8,10H2,1H3,(H,18,23)(H,25,26). The normalized spacial score (nSPS) is 13.7. The van der Waals surface area contributed by atoms with Crippen LogP contribution < -0.4 is 5.32 Å². The predicted molar refractivity (Wildman–Crippen MR) is 91.9 cm³/mol. The van der Waals surface area contributed by atoms with Crippen LogP contribution in [0.4, 0.5) is 5.69 Å². The van der Waals surface area contributed by atoms with Crippen molar-refractivity contribution in [1.29, 1.82) is 0 Å². The van der Waals surface area contributed by atoms with Gasteiger partial charge in [-0.1, -0.05) is 17.3 Å². The van der Waals surface area contributed by atoms with Crippen LogP contribution in [0, 0.1) is 6.92 Å². The molecule has 1 aliphatic heterocycles. The summed E-state index contributed by atoms with van der Waals surface area (Å²) >= 11 is 0. The molecular formula is C17H19N5O4. The molecule has 0 aliphatic carbocycles. The summed E-state index contributed by atoms with van der Waals surface area (Å²) in [5.41, 5.74) is 1.46. The second kappa shape index (κ2) is 7.34. The predicted octanol–water partition coefficient (Wildman–Crippen LogP) is 1.16. The first-order valence-corrected chi connectivity index (χ1v) is 8.28. The molecule has 9 nitrogen and oxygen atoms in total. The van der Waals surface area contributed by atoms with Gasteiger partial charge in [-0.25, -0.2) is 9.48 Å². The summed E-state index contributed by atoms with van der Waals surface area (Å²) < 4.78 is 1.14. The zero-order valence-electron chi connectivity index (χ0n) is 14.3. The Balaban J connectivity index is 1.76. The summed E-state index contributed by atoms with van der Waals surface area (Å²) in [5.74, 6) is -1.73. The zero-order chi connectivity index (χ0) is 18.7. The van der Waals surface area contributed by atoms with Gasteiger partial charge in [0.2, 0.25) is 5.91 Å². The number of carbonyl (C=O) groups is 3. The summed E-state index contributed by atoms with van der Waals surface area (Å²) in [7, 11) is 0. The Bertz CT molecular complexity index is 855. The van der Waals surface area contributed by atoms with E-state index in [1.165, 1.54) is 6.20 Å². The monoisotopic (exact) mass is 357 g/mol. The summed E-state index contributed by atoms with van der Waals surface area (Å²) in [6.07, 6.45) is 3.14. The largest absolute Gasteiger partial charge is 0.476 e. The molecule has 0 unspecified atom stereocenters. The maximum atomic E-state index is 12.8. The zero-order valence-corrected chi connectivity index (χ0v) is 14.3. The average Bonchev–Trinajstić information content (AvgIpc) is 3.26. The van der Waals surface area contributed by atoms with Crippen LogP contribution in [0.5, 0.6) is 0 Å². The lowest BCUT2D eigenvalue weighted by atomic mass is 10.0. The minimum Gasteiger partial charge on any atom is -0.476 e. The van der Waals surface area contributed by atoms with Crippen molar-refractivity contribution in [2.24, 2.45) is 0 Å². The lowest BCUT2D eigenvalue weighted by molar-refractivity contribution is -0.116. The maximum Gasteiger partial charge on any atom is 0.358 e. The van der Waals surface area contributed by atoms with Gasteiger partial charge in [0.1, 0.15) is 6.54 Å². The molecule has 1 saturated heterocycles. The van der Waals surface area contributed by atoms with Crippen molar-refractivity contribution in [2.75, 3.05) is 18.4 Å². The minimum absolute atomic E-state index is 0.0928. The average molecular weight is 357 g/mol. The van der Waals surface area contributed by atoms with Crippen molar-refractivity contribution < 1.29 is 19.5 Å². The van der Waals surface area contributed by atoms with Crippen molar-refractivity contribution >= 4 is 23.5 Å². The van der Waals surface area contributed by atoms with E-state index in [1.54, 1.807) is 17.0 Å². The molecule has 0 radical (unpaired) electrons. The molecule has 2 heterocycles. The Morgan fingerprint density at radius 1 is 1.23 bits per heavy atom. The number of carbonyl (C=O) groups excluding carboxylic acids is 2. The number of aromatic nitrogens is 3. The van der Waals surface area contributed by atoms with Crippen LogP contribution in [0.3, 0.4) is 0 Å². The molecule has 136 valence electrons. The second-order valence-corrected chi connectivity index (χ2v) is 6.15. The number of benzene rings is 1. The molecule has 26 heavy (non-hydrogen) atoms. The van der Waals surface area contributed by atoms with Gasteiger partial charge in [0.15, 0.2) is 5.69 Å². The van der Waals surface area contributed by atoms with Crippen molar-refractivity contribution in [3.8, 4) is 0 Å². The molecule has 1 aromatic carbocycles. The number of carboxylic acid groups (broad SMARTS) is 1. The van der Waals surface area contributed by atoms with Crippen LogP contribution >= 0.6 is 0 Å². The fourth-order valence-corrected chi connectivity index (χ4v) is 2.94. The van der Waals surface area contributed by atoms with Crippen molar-refractivity contribution in [1.82, 2.24) is 19.9 Å². The van der Waals surface area contributed by atoms with Gasteiger partial charge in [-0.05, 0) is 31.4 Å². The van der Waals surface area contributed by atoms with Gasteiger partial charge in [0, 0.05) is 13.1 Å². The number of nitrogens with one attached hydrogen (secondary N) is 1. The van der Waals surface area contributed by atoms with E-state index in [1.807, 2.05) is 13.0 Å². The Kier molecular flexibility index (Phi) is 4.97. The molecular weight excluding hydrogens is 338 g/mol. The maximum absolute atomic E-state index is 12.8. The third-order valence-corrected chi connectivity index (χ3v) is 4.22. The molecule has 0 atom stereocenters. The van der Waals surface area contributed by atoms with E-state index in [0.717, 1.165) is 36.2 Å². The van der Waals surface area contributed by atoms with E-state index in [9.17, 15) is 14.4 Å². The van der Waals surface area contributed by atoms with E-state index < -0.39 is 11.9 Å². The van der Waals surface area contributed by atoms with Crippen LogP contribution in [0.25, 0.3) is 0 Å². The SMILES string of the molecule is Cc1cccc(NC(=O)Cn2cc(C(=O)O)nn2)c1C(=O)N1CCCC1. The van der Waals surface area contributed by atoms with Gasteiger partial charge >= 0.3 is 5.97 Å². The first-order chi connectivity index (χ1) is 12.5. The number of aryl methyl sites for hydroxylation is 1. The number of aromatic carboxylic acids is 1. The van der Waals surface area contributed by atoms with Gasteiger partial charge in [-0.15, -0.1) is 5.10 Å². The fourth-order valence-electron chi connectivity index (χ4n) is 2.94. The lowest BCUT2D eigenvalue weighted by Gasteiger charge is -2.19. The number of rotatable bonds is 5. The minimum atomic E-state index is -1.21. The van der Waals surface area contributed by atoms with Gasteiger partial charge in [-0.3, -0.25) is 9.59 Å². The van der Waals surface area contributed by atoms with E-state index in [4.69, 9.17) is 5.11 Å². The number of nitrogens with zero attached hydrogens (tertiary/aromatic N) is 4. The fraction of sp³-hybridized carbons (Fsp3) is 0.353. The number of hydrogen-bond donors (Lipinski definition) is 2. The molecule has 0 saturated carbocycles. The van der Waals surface area contributed by atoms with Crippen LogP contribution in [0.15, 0.2) is 24.4 Å². The van der Waals surface area contributed by atoms with Crippen molar-refractivity contribution in [3.05, 3.63) is 41.2 Å². The van der Waals surface area contributed by atoms with Crippen LogP contribution in [-0.2, 0) is 11.3 Å². The Morgan fingerprint density at radius 2 is 1.96 bits per heavy atom. The summed E-state index contributed by atoms with van der Waals surface area (Å²) in [6.45, 7) is 3.07. The number of likely N-dealkylation sites (tertiary alicyclic amines) is 1. The number of amides is 2. The summed E-state index contributed by atoms with van der Waals surface area (Å²) in [5, 5.41) is 18.6. The molecule has 3 rings (SSSR count). The molecule has 1 fully saturated rings. The molecule has 2 aromatic rings. The van der Waals surface area contributed by atoms with Gasteiger partial charge in [-0.2, -0.15) is 0 Å². The van der Waals surface area contributed by atoms with Gasteiger partial charge in [0.25, 0.3) is 5.91 Å². The van der Waals surface area contributed by atoms with E-state index in [-0.39, 0.29) is 18.1 Å². The van der Waals surface area contributed by atoms with E-state index in [2.05, 4.69) is 15.6 Å². The van der Waals surface area contributed by atoms with Crippen LogP contribution in [-0.4, -0.2) is 55.9 Å². The Hall–Kier alpha value is -3.23. The van der Waals surface area contributed by atoms with Crippen LogP contribution in [0.1, 0.15) is 39.3 Å². The quantitative estimate of drug-likeness (QED) is 0.829. The molecule has 2 amide bonds. The molecule has 1 aromatic heterocycles. The number of carboxylic acids is 1. The molecule has 0 bridgehead atoms. The van der Waals surface area contributed by atoms with Crippen molar-refractivity contribution in [2.45, 2.75) is 26.3 Å². The highest BCUT2D eigenvalue weighted by Gasteiger charge is 2.24. The Morgan fingerprint density at radius 3 is 2.62 bits per heavy atom. The molecule has 9 heteroatoms. The second-order valence-electron chi connectivity index (χ2n) is 6.15. The van der Waals surface area contributed by atoms with Crippen molar-refractivity contribution in [3.63, 3.8) is 0 Å².